The molecular formula is C19H20N4O3S. The number of hydrogen-bond acceptors (Lipinski definition) is 5. The van der Waals surface area contributed by atoms with Crippen LogP contribution < -0.4 is 4.74 Å². The third-order valence-electron chi connectivity index (χ3n) is 4.61. The molecule has 0 fully saturated rings. The predicted molar refractivity (Wildman–Crippen MR) is 104 cm³/mol. The fourth-order valence-corrected chi connectivity index (χ4v) is 4.30. The summed E-state index contributed by atoms with van der Waals surface area (Å²) in [5, 5.41) is 0. The van der Waals surface area contributed by atoms with Crippen molar-refractivity contribution in [2.45, 2.75) is 30.4 Å². The van der Waals surface area contributed by atoms with E-state index in [-0.39, 0.29) is 4.90 Å². The van der Waals surface area contributed by atoms with Gasteiger partial charge in [0.15, 0.2) is 9.84 Å². The molecule has 0 aliphatic heterocycles. The Morgan fingerprint density at radius 1 is 1.15 bits per heavy atom. The highest BCUT2D eigenvalue weighted by atomic mass is 32.2. The van der Waals surface area contributed by atoms with Crippen LogP contribution in [0.4, 0.5) is 0 Å². The van der Waals surface area contributed by atoms with Crippen LogP contribution in [0.25, 0.3) is 27.9 Å². The fraction of sp³-hybridized carbons (Fsp3) is 0.263. The topological polar surface area (TPSA) is 89.3 Å². The molecule has 8 heteroatoms. The zero-order valence-corrected chi connectivity index (χ0v) is 16.3. The Bertz CT molecular complexity index is 1260. The highest BCUT2D eigenvalue weighted by Gasteiger charge is 2.34. The Kier molecular flexibility index (Phi) is 3.78. The van der Waals surface area contributed by atoms with E-state index in [9.17, 15) is 8.42 Å². The number of benzene rings is 1. The SMILES string of the molecule is COc1cc2ncc(-c3ccc4nc[nH]c4c3)n2cc1S(=O)(=O)C(C)(C)C. The normalized spacial score (nSPS) is 12.7. The molecule has 4 aromatic rings. The van der Waals surface area contributed by atoms with E-state index in [4.69, 9.17) is 4.74 Å². The van der Waals surface area contributed by atoms with E-state index in [1.165, 1.54) is 7.11 Å². The van der Waals surface area contributed by atoms with Crippen LogP contribution in [-0.4, -0.2) is 39.6 Å². The zero-order chi connectivity index (χ0) is 19.4. The summed E-state index contributed by atoms with van der Waals surface area (Å²) < 4.78 is 32.3. The molecule has 0 radical (unpaired) electrons. The molecule has 3 heterocycles. The van der Waals surface area contributed by atoms with Crippen molar-refractivity contribution in [3.8, 4) is 17.0 Å². The van der Waals surface area contributed by atoms with Gasteiger partial charge in [-0.1, -0.05) is 6.07 Å². The van der Waals surface area contributed by atoms with Gasteiger partial charge in [-0.2, -0.15) is 0 Å². The van der Waals surface area contributed by atoms with Crippen LogP contribution in [0.3, 0.4) is 0 Å². The molecule has 0 atom stereocenters. The Morgan fingerprint density at radius 2 is 1.93 bits per heavy atom. The molecule has 0 unspecified atom stereocenters. The molecular weight excluding hydrogens is 364 g/mol. The number of aromatic amines is 1. The number of fused-ring (bicyclic) bond motifs is 2. The predicted octanol–water partition coefficient (Wildman–Crippen LogP) is 3.46. The second-order valence-corrected chi connectivity index (χ2v) is 10.00. The van der Waals surface area contributed by atoms with Gasteiger partial charge in [0, 0.05) is 17.8 Å². The lowest BCUT2D eigenvalue weighted by molar-refractivity contribution is 0.401. The molecule has 27 heavy (non-hydrogen) atoms. The van der Waals surface area contributed by atoms with Gasteiger partial charge in [0.05, 0.1) is 41.1 Å². The van der Waals surface area contributed by atoms with E-state index in [0.29, 0.717) is 11.4 Å². The lowest BCUT2D eigenvalue weighted by Crippen LogP contribution is -2.28. The van der Waals surface area contributed by atoms with E-state index in [0.717, 1.165) is 22.3 Å². The van der Waals surface area contributed by atoms with Crippen molar-refractivity contribution in [1.29, 1.82) is 0 Å². The minimum atomic E-state index is -3.60. The van der Waals surface area contributed by atoms with E-state index in [2.05, 4.69) is 15.0 Å². The lowest BCUT2D eigenvalue weighted by Gasteiger charge is -2.21. The average Bonchev–Trinajstić information content (AvgIpc) is 3.24. The monoisotopic (exact) mass is 384 g/mol. The number of H-pyrrole nitrogens is 1. The summed E-state index contributed by atoms with van der Waals surface area (Å²) >= 11 is 0. The largest absolute Gasteiger partial charge is 0.495 e. The second-order valence-electron chi connectivity index (χ2n) is 7.33. The first kappa shape index (κ1) is 17.5. The summed E-state index contributed by atoms with van der Waals surface area (Å²) in [6.07, 6.45) is 4.95. The van der Waals surface area contributed by atoms with E-state index < -0.39 is 14.6 Å². The lowest BCUT2D eigenvalue weighted by atomic mass is 10.1. The van der Waals surface area contributed by atoms with Crippen LogP contribution in [0.1, 0.15) is 20.8 Å². The number of imidazole rings is 2. The molecule has 7 nitrogen and oxygen atoms in total. The highest BCUT2D eigenvalue weighted by molar-refractivity contribution is 7.92. The maximum atomic E-state index is 13.1. The number of nitrogens with zero attached hydrogens (tertiary/aromatic N) is 3. The van der Waals surface area contributed by atoms with Gasteiger partial charge in [-0.3, -0.25) is 4.40 Å². The molecule has 0 amide bonds. The number of methoxy groups -OCH3 is 1. The van der Waals surface area contributed by atoms with Crippen LogP contribution in [-0.2, 0) is 9.84 Å². The fourth-order valence-electron chi connectivity index (χ4n) is 2.99. The van der Waals surface area contributed by atoms with Crippen LogP contribution in [0.2, 0.25) is 0 Å². The van der Waals surface area contributed by atoms with Gasteiger partial charge in [-0.05, 0) is 32.9 Å². The van der Waals surface area contributed by atoms with Crippen molar-refractivity contribution < 1.29 is 13.2 Å². The minimum absolute atomic E-state index is 0.145. The molecule has 0 aliphatic carbocycles. The molecule has 0 aliphatic rings. The molecule has 140 valence electrons. The average molecular weight is 384 g/mol. The maximum Gasteiger partial charge on any atom is 0.188 e. The first-order valence-corrected chi connectivity index (χ1v) is 9.94. The van der Waals surface area contributed by atoms with Crippen LogP contribution in [0, 0.1) is 0 Å². The second kappa shape index (κ2) is 5.82. The zero-order valence-electron chi connectivity index (χ0n) is 15.5. The molecule has 0 saturated carbocycles. The number of pyridine rings is 1. The van der Waals surface area contributed by atoms with Gasteiger partial charge < -0.3 is 9.72 Å². The summed E-state index contributed by atoms with van der Waals surface area (Å²) in [4.78, 5) is 11.9. The van der Waals surface area contributed by atoms with Gasteiger partial charge in [-0.15, -0.1) is 0 Å². The van der Waals surface area contributed by atoms with Gasteiger partial charge in [0.1, 0.15) is 16.3 Å². The third kappa shape index (κ3) is 2.68. The van der Waals surface area contributed by atoms with Crippen molar-refractivity contribution in [1.82, 2.24) is 19.4 Å². The molecule has 0 bridgehead atoms. The molecule has 3 aromatic heterocycles. The van der Waals surface area contributed by atoms with Gasteiger partial charge >= 0.3 is 0 Å². The Balaban J connectivity index is 1.98. The molecule has 0 saturated heterocycles. The first-order chi connectivity index (χ1) is 12.7. The highest BCUT2D eigenvalue weighted by Crippen LogP contribution is 2.34. The first-order valence-electron chi connectivity index (χ1n) is 8.45. The Hall–Kier alpha value is -2.87. The van der Waals surface area contributed by atoms with Gasteiger partial charge in [0.25, 0.3) is 0 Å². The number of nitrogens with one attached hydrogen (secondary N) is 1. The molecule has 0 spiro atoms. The van der Waals surface area contributed by atoms with E-state index >= 15 is 0 Å². The van der Waals surface area contributed by atoms with Crippen LogP contribution >= 0.6 is 0 Å². The summed E-state index contributed by atoms with van der Waals surface area (Å²) in [5.74, 6) is 0.290. The number of aromatic nitrogens is 4. The van der Waals surface area contributed by atoms with Crippen molar-refractivity contribution >= 4 is 26.5 Å². The Labute approximate surface area is 157 Å². The molecule has 1 N–H and O–H groups in total. The smallest absolute Gasteiger partial charge is 0.188 e. The van der Waals surface area contributed by atoms with Gasteiger partial charge in [-0.25, -0.2) is 18.4 Å². The number of ether oxygens (including phenoxy) is 1. The van der Waals surface area contributed by atoms with E-state index in [1.54, 1.807) is 50.0 Å². The van der Waals surface area contributed by atoms with E-state index in [1.807, 2.05) is 18.2 Å². The van der Waals surface area contributed by atoms with Crippen LogP contribution in [0.5, 0.6) is 5.75 Å². The summed E-state index contributed by atoms with van der Waals surface area (Å²) in [7, 11) is -2.14. The molecule has 4 rings (SSSR count). The quantitative estimate of drug-likeness (QED) is 0.584. The van der Waals surface area contributed by atoms with Gasteiger partial charge in [0.2, 0.25) is 0 Å². The number of rotatable bonds is 3. The van der Waals surface area contributed by atoms with Crippen molar-refractivity contribution in [3.63, 3.8) is 0 Å². The van der Waals surface area contributed by atoms with Crippen molar-refractivity contribution in [2.75, 3.05) is 7.11 Å². The summed E-state index contributed by atoms with van der Waals surface area (Å²) in [6.45, 7) is 5.02. The minimum Gasteiger partial charge on any atom is -0.495 e. The van der Waals surface area contributed by atoms with Crippen molar-refractivity contribution in [2.24, 2.45) is 0 Å². The Morgan fingerprint density at radius 3 is 2.63 bits per heavy atom. The summed E-state index contributed by atoms with van der Waals surface area (Å²) in [6, 6.07) is 7.47. The molecule has 1 aromatic carbocycles. The third-order valence-corrected chi connectivity index (χ3v) is 7.10. The number of hydrogen-bond donors (Lipinski definition) is 1. The standard InChI is InChI=1S/C19H20N4O3S/c1-19(2,3)27(24,25)17-10-23-15(9-20-18(23)8-16(17)26-4)12-5-6-13-14(7-12)22-11-21-13/h5-11H,1-4H3,(H,21,22). The van der Waals surface area contributed by atoms with Crippen LogP contribution in [0.15, 0.2) is 47.9 Å². The summed E-state index contributed by atoms with van der Waals surface area (Å²) in [5.41, 5.74) is 4.07. The maximum absolute atomic E-state index is 13.1. The number of sulfone groups is 1. The van der Waals surface area contributed by atoms with Crippen molar-refractivity contribution in [3.05, 3.63) is 43.0 Å².